The van der Waals surface area contributed by atoms with Crippen molar-refractivity contribution in [3.63, 3.8) is 0 Å². The number of hydrogen-bond acceptors (Lipinski definition) is 2. The molecule has 298 valence electrons. The number of furan rings is 1. The first-order valence-electron chi connectivity index (χ1n) is 21.8. The maximum absolute atomic E-state index is 6.85. The highest BCUT2D eigenvalue weighted by atomic mass is 16.3. The van der Waals surface area contributed by atoms with E-state index in [0.29, 0.717) is 0 Å². The molecule has 0 unspecified atom stereocenters. The van der Waals surface area contributed by atoms with Crippen LogP contribution >= 0.6 is 0 Å². The van der Waals surface area contributed by atoms with Gasteiger partial charge in [-0.25, -0.2) is 0 Å². The third-order valence-electron chi connectivity index (χ3n) is 13.3. The number of rotatable bonds is 7. The number of nitrogens with zero attached hydrogens (tertiary/aromatic N) is 1. The Bertz CT molecular complexity index is 3490. The standard InChI is InChI=1S/C61H43NO/c1-61(2)57-25-15-14-23-49(57)50-35-34-47(36-58(50)61)62(45-30-26-41(27-31-45)40-16-6-3-7-17-40)46-32-28-44(29-33-46)53-37-55-56-38-52(42-18-8-4-9-19-42)48-22-12-13-24-51(48)60(56)63-59(55)39-54(53)43-20-10-5-11-21-43/h3-39H,1-2H3. The minimum atomic E-state index is -0.119. The molecule has 1 heterocycles. The van der Waals surface area contributed by atoms with Crippen molar-refractivity contribution in [2.75, 3.05) is 4.90 Å². The van der Waals surface area contributed by atoms with Gasteiger partial charge in [-0.05, 0) is 127 Å². The van der Waals surface area contributed by atoms with Crippen LogP contribution in [0.1, 0.15) is 25.0 Å². The molecule has 0 aliphatic heterocycles. The molecule has 10 aromatic carbocycles. The molecule has 0 fully saturated rings. The Morgan fingerprint density at radius 3 is 1.48 bits per heavy atom. The fourth-order valence-corrected chi connectivity index (χ4v) is 10.1. The Labute approximate surface area is 368 Å². The molecule has 11 aromatic rings. The lowest BCUT2D eigenvalue weighted by Crippen LogP contribution is -2.16. The van der Waals surface area contributed by atoms with Crippen LogP contribution in [0, 0.1) is 0 Å². The number of benzene rings is 10. The lowest BCUT2D eigenvalue weighted by atomic mass is 9.82. The van der Waals surface area contributed by atoms with Gasteiger partial charge in [0.1, 0.15) is 11.2 Å². The van der Waals surface area contributed by atoms with E-state index in [9.17, 15) is 0 Å². The summed E-state index contributed by atoms with van der Waals surface area (Å²) in [6, 6.07) is 81.5. The summed E-state index contributed by atoms with van der Waals surface area (Å²) in [6.07, 6.45) is 0. The van der Waals surface area contributed by atoms with Crippen LogP contribution in [0.2, 0.25) is 0 Å². The Morgan fingerprint density at radius 2 is 0.794 bits per heavy atom. The molecule has 1 aliphatic rings. The molecule has 0 radical (unpaired) electrons. The van der Waals surface area contributed by atoms with Gasteiger partial charge in [-0.3, -0.25) is 0 Å². The lowest BCUT2D eigenvalue weighted by molar-refractivity contribution is 0.660. The average Bonchev–Trinajstić information content (AvgIpc) is 3.83. The number of anilines is 3. The molecule has 0 amide bonds. The second-order valence-electron chi connectivity index (χ2n) is 17.3. The second-order valence-corrected chi connectivity index (χ2v) is 17.3. The zero-order valence-corrected chi connectivity index (χ0v) is 35.2. The Morgan fingerprint density at radius 1 is 0.317 bits per heavy atom. The molecule has 0 atom stereocenters. The first kappa shape index (κ1) is 36.9. The highest BCUT2D eigenvalue weighted by molar-refractivity contribution is 6.20. The fraction of sp³-hybridized carbons (Fsp3) is 0.0492. The minimum Gasteiger partial charge on any atom is -0.455 e. The van der Waals surface area contributed by atoms with E-state index < -0.39 is 0 Å². The van der Waals surface area contributed by atoms with Crippen molar-refractivity contribution < 1.29 is 4.42 Å². The van der Waals surface area contributed by atoms with E-state index in [1.165, 1.54) is 49.9 Å². The van der Waals surface area contributed by atoms with E-state index in [1.807, 2.05) is 0 Å². The summed E-state index contributed by atoms with van der Waals surface area (Å²) in [4.78, 5) is 2.40. The van der Waals surface area contributed by atoms with Gasteiger partial charge in [0, 0.05) is 38.6 Å². The van der Waals surface area contributed by atoms with Crippen LogP contribution in [0.5, 0.6) is 0 Å². The molecule has 0 bridgehead atoms. The van der Waals surface area contributed by atoms with Crippen molar-refractivity contribution in [1.82, 2.24) is 0 Å². The molecule has 2 heteroatoms. The largest absolute Gasteiger partial charge is 0.455 e. The van der Waals surface area contributed by atoms with Gasteiger partial charge in [0.2, 0.25) is 0 Å². The van der Waals surface area contributed by atoms with E-state index in [-0.39, 0.29) is 5.41 Å². The molecule has 1 aliphatic carbocycles. The van der Waals surface area contributed by atoms with Gasteiger partial charge in [-0.1, -0.05) is 184 Å². The van der Waals surface area contributed by atoms with E-state index in [2.05, 4.69) is 243 Å². The van der Waals surface area contributed by atoms with E-state index >= 15 is 0 Å². The van der Waals surface area contributed by atoms with Gasteiger partial charge < -0.3 is 9.32 Å². The summed E-state index contributed by atoms with van der Waals surface area (Å²) in [5.74, 6) is 0. The molecule has 63 heavy (non-hydrogen) atoms. The third kappa shape index (κ3) is 6.09. The molecule has 0 spiro atoms. The van der Waals surface area contributed by atoms with E-state index in [1.54, 1.807) is 0 Å². The van der Waals surface area contributed by atoms with Crippen LogP contribution in [-0.4, -0.2) is 0 Å². The predicted octanol–water partition coefficient (Wildman–Crippen LogP) is 17.2. The van der Waals surface area contributed by atoms with E-state index in [4.69, 9.17) is 4.42 Å². The average molecular weight is 806 g/mol. The highest BCUT2D eigenvalue weighted by Crippen LogP contribution is 2.51. The molecular weight excluding hydrogens is 763 g/mol. The Hall–Kier alpha value is -7.94. The minimum absolute atomic E-state index is 0.119. The number of hydrogen-bond donors (Lipinski definition) is 0. The topological polar surface area (TPSA) is 16.4 Å². The molecule has 2 nitrogen and oxygen atoms in total. The third-order valence-corrected chi connectivity index (χ3v) is 13.3. The molecular formula is C61H43NO. The summed E-state index contributed by atoms with van der Waals surface area (Å²) in [7, 11) is 0. The SMILES string of the molecule is CC1(C)c2ccccc2-c2ccc(N(c3ccc(-c4ccccc4)cc3)c3ccc(-c4cc5c(cc4-c4ccccc4)oc4c6ccccc6c(-c6ccccc6)cc54)cc3)cc21. The molecule has 12 rings (SSSR count). The summed E-state index contributed by atoms with van der Waals surface area (Å²) >= 11 is 0. The van der Waals surface area contributed by atoms with Crippen molar-refractivity contribution in [3.05, 3.63) is 236 Å². The molecule has 1 aromatic heterocycles. The summed E-state index contributed by atoms with van der Waals surface area (Å²) in [5.41, 5.74) is 19.8. The first-order valence-corrected chi connectivity index (χ1v) is 21.8. The van der Waals surface area contributed by atoms with Crippen LogP contribution < -0.4 is 4.90 Å². The quantitative estimate of drug-likeness (QED) is 0.160. The highest BCUT2D eigenvalue weighted by Gasteiger charge is 2.35. The smallest absolute Gasteiger partial charge is 0.143 e. The van der Waals surface area contributed by atoms with Crippen molar-refractivity contribution in [2.45, 2.75) is 19.3 Å². The van der Waals surface area contributed by atoms with Crippen LogP contribution in [0.15, 0.2) is 229 Å². The van der Waals surface area contributed by atoms with Gasteiger partial charge in [0.25, 0.3) is 0 Å². The van der Waals surface area contributed by atoms with E-state index in [0.717, 1.165) is 66.6 Å². The second kappa shape index (κ2) is 14.6. The van der Waals surface area contributed by atoms with Crippen LogP contribution in [0.4, 0.5) is 17.1 Å². The molecule has 0 saturated heterocycles. The van der Waals surface area contributed by atoms with Gasteiger partial charge >= 0.3 is 0 Å². The van der Waals surface area contributed by atoms with Crippen LogP contribution in [0.25, 0.3) is 88.3 Å². The van der Waals surface area contributed by atoms with Crippen LogP contribution in [-0.2, 0) is 5.41 Å². The zero-order valence-electron chi connectivity index (χ0n) is 35.2. The van der Waals surface area contributed by atoms with Gasteiger partial charge in [0.15, 0.2) is 0 Å². The molecule has 0 N–H and O–H groups in total. The Kier molecular flexibility index (Phi) is 8.55. The van der Waals surface area contributed by atoms with Gasteiger partial charge in [-0.15, -0.1) is 0 Å². The Balaban J connectivity index is 1.02. The molecule has 0 saturated carbocycles. The van der Waals surface area contributed by atoms with Gasteiger partial charge in [0.05, 0.1) is 0 Å². The predicted molar refractivity (Wildman–Crippen MR) is 265 cm³/mol. The van der Waals surface area contributed by atoms with Crippen LogP contribution in [0.3, 0.4) is 0 Å². The van der Waals surface area contributed by atoms with Crippen molar-refractivity contribution in [3.8, 4) is 55.6 Å². The summed E-state index contributed by atoms with van der Waals surface area (Å²) in [6.45, 7) is 4.70. The fourth-order valence-electron chi connectivity index (χ4n) is 10.1. The van der Waals surface area contributed by atoms with Crippen molar-refractivity contribution in [2.24, 2.45) is 0 Å². The summed E-state index contributed by atoms with van der Waals surface area (Å²) in [5, 5.41) is 4.53. The normalized spacial score (nSPS) is 12.7. The zero-order chi connectivity index (χ0) is 42.1. The lowest BCUT2D eigenvalue weighted by Gasteiger charge is -2.28. The first-order chi connectivity index (χ1) is 31.0. The maximum Gasteiger partial charge on any atom is 0.143 e. The maximum atomic E-state index is 6.85. The van der Waals surface area contributed by atoms with Gasteiger partial charge in [-0.2, -0.15) is 0 Å². The van der Waals surface area contributed by atoms with Crippen molar-refractivity contribution >= 4 is 49.8 Å². The summed E-state index contributed by atoms with van der Waals surface area (Å²) < 4.78 is 6.85. The van der Waals surface area contributed by atoms with Crippen molar-refractivity contribution in [1.29, 1.82) is 0 Å². The number of fused-ring (bicyclic) bond motifs is 8. The monoisotopic (exact) mass is 805 g/mol.